The van der Waals surface area contributed by atoms with Crippen molar-refractivity contribution in [2.45, 2.75) is 19.1 Å². The van der Waals surface area contributed by atoms with Gasteiger partial charge in [0, 0.05) is 28.3 Å². The van der Waals surface area contributed by atoms with E-state index in [2.05, 4.69) is 15.0 Å². The van der Waals surface area contributed by atoms with Crippen molar-refractivity contribution in [3.05, 3.63) is 23.0 Å². The largest absolute Gasteiger partial charge is 0.379 e. The summed E-state index contributed by atoms with van der Waals surface area (Å²) in [7, 11) is 0. The van der Waals surface area contributed by atoms with Gasteiger partial charge < -0.3 is 9.64 Å². The second kappa shape index (κ2) is 4.96. The molecule has 0 bridgehead atoms. The highest BCUT2D eigenvalue weighted by Crippen LogP contribution is 2.44. The fourth-order valence-electron chi connectivity index (χ4n) is 2.93. The molecule has 22 heavy (non-hydrogen) atoms. The van der Waals surface area contributed by atoms with Crippen molar-refractivity contribution in [2.75, 3.05) is 24.7 Å². The summed E-state index contributed by atoms with van der Waals surface area (Å²) < 4.78 is 56.4. The van der Waals surface area contributed by atoms with Crippen molar-refractivity contribution in [1.29, 1.82) is 0 Å². The minimum Gasteiger partial charge on any atom is -0.379 e. The highest BCUT2D eigenvalue weighted by molar-refractivity contribution is 6.31. The number of hydrogen-bond donors (Lipinski definition) is 0. The first-order valence-electron chi connectivity index (χ1n) is 8.29. The van der Waals surface area contributed by atoms with Gasteiger partial charge in [0.25, 0.3) is 0 Å². The Morgan fingerprint density at radius 2 is 2.36 bits per heavy atom. The van der Waals surface area contributed by atoms with E-state index in [1.807, 2.05) is 0 Å². The normalized spacial score (nSPS) is 30.2. The molecule has 0 aromatic carbocycles. The maximum Gasteiger partial charge on any atom is 0.311 e. The molecule has 4 rings (SSSR count). The third-order valence-electron chi connectivity index (χ3n) is 4.10. The van der Waals surface area contributed by atoms with E-state index in [0.29, 0.717) is 19.8 Å². The minimum absolute atomic E-state index is 0.109. The summed E-state index contributed by atoms with van der Waals surface area (Å²) in [6, 6.07) is -0.480. The van der Waals surface area contributed by atoms with Crippen LogP contribution in [0.5, 0.6) is 0 Å². The molecule has 0 radical (unpaired) electrons. The second-order valence-electron chi connectivity index (χ2n) is 5.37. The third-order valence-corrected chi connectivity index (χ3v) is 4.39. The number of rotatable bonds is 1. The highest BCUT2D eigenvalue weighted by Gasteiger charge is 2.56. The summed E-state index contributed by atoms with van der Waals surface area (Å²) in [5.41, 5.74) is -0.482. The van der Waals surface area contributed by atoms with E-state index in [4.69, 9.17) is 20.5 Å². The van der Waals surface area contributed by atoms with Gasteiger partial charge in [-0.15, -0.1) is 0 Å². The van der Waals surface area contributed by atoms with E-state index in [1.165, 1.54) is 6.20 Å². The van der Waals surface area contributed by atoms with Crippen LogP contribution in [0, 0.1) is 18.8 Å². The smallest absolute Gasteiger partial charge is 0.311 e. The molecule has 0 unspecified atom stereocenters. The Morgan fingerprint density at radius 1 is 1.50 bits per heavy atom. The van der Waals surface area contributed by atoms with E-state index >= 15 is 0 Å². The Hall–Kier alpha value is -1.60. The van der Waals surface area contributed by atoms with Crippen LogP contribution < -0.4 is 4.90 Å². The first kappa shape index (κ1) is 11.0. The van der Waals surface area contributed by atoms with Crippen LogP contribution in [0.25, 0.3) is 10.9 Å². The molecule has 1 aliphatic carbocycles. The topological polar surface area (TPSA) is 51.1 Å². The minimum atomic E-state index is -2.63. The number of anilines is 1. The fraction of sp³-hybridized carbons (Fsp3) is 0.500. The summed E-state index contributed by atoms with van der Waals surface area (Å²) in [6.45, 7) is -1.70. The molecule has 2 aromatic heterocycles. The number of nitrogens with zero attached hydrogens (tertiary/aromatic N) is 4. The van der Waals surface area contributed by atoms with Gasteiger partial charge in [-0.25, -0.2) is 14.4 Å². The van der Waals surface area contributed by atoms with Gasteiger partial charge in [-0.3, -0.25) is 0 Å². The fourth-order valence-corrected chi connectivity index (χ4v) is 3.07. The van der Waals surface area contributed by atoms with Crippen LogP contribution in [0.4, 0.5) is 14.6 Å². The molecular weight excluding hydrogens is 314 g/mol. The molecule has 1 saturated carbocycles. The van der Waals surface area contributed by atoms with Crippen LogP contribution in [-0.4, -0.2) is 46.9 Å². The van der Waals surface area contributed by atoms with E-state index < -0.39 is 25.1 Å². The molecule has 2 aromatic rings. The number of alkyl halides is 1. The molecule has 0 amide bonds. The Morgan fingerprint density at radius 3 is 3.18 bits per heavy atom. The number of ether oxygens (including phenoxy) is 1. The van der Waals surface area contributed by atoms with Gasteiger partial charge in [0.1, 0.15) is 17.1 Å². The maximum atomic E-state index is 14.1. The molecule has 116 valence electrons. The lowest BCUT2D eigenvalue weighted by molar-refractivity contribution is 0.130. The van der Waals surface area contributed by atoms with E-state index in [9.17, 15) is 8.78 Å². The van der Waals surface area contributed by atoms with Crippen LogP contribution in [0.2, 0.25) is 5.15 Å². The summed E-state index contributed by atoms with van der Waals surface area (Å²) in [6.07, 6.45) is -0.915. The standard InChI is InChI=1S/C14H13ClF2N4O/c1-6-10-7(4-18-12(6)15)13(20-14(17)19-10)21-2-3-22-5-8-9(16)11(8)21/h4,8-9,11H,2-3,5H2,1H3/t8-,9-,11-/m0/s1/i1D3. The summed E-state index contributed by atoms with van der Waals surface area (Å²) in [4.78, 5) is 12.9. The number of fused-ring (bicyclic) bond motifs is 2. The Balaban J connectivity index is 1.93. The van der Waals surface area contributed by atoms with E-state index in [0.717, 1.165) is 0 Å². The molecule has 8 heteroatoms. The van der Waals surface area contributed by atoms with Crippen molar-refractivity contribution in [3.63, 3.8) is 0 Å². The molecule has 2 aliphatic rings. The van der Waals surface area contributed by atoms with Gasteiger partial charge in [-0.1, -0.05) is 11.6 Å². The Labute approximate surface area is 134 Å². The van der Waals surface area contributed by atoms with Crippen molar-refractivity contribution in [3.8, 4) is 0 Å². The lowest BCUT2D eigenvalue weighted by atomic mass is 10.2. The number of aromatic nitrogens is 3. The van der Waals surface area contributed by atoms with Gasteiger partial charge in [0.2, 0.25) is 0 Å². The number of hydrogen-bond acceptors (Lipinski definition) is 5. The molecule has 5 nitrogen and oxygen atoms in total. The molecule has 0 N–H and O–H groups in total. The van der Waals surface area contributed by atoms with Crippen LogP contribution in [0.3, 0.4) is 0 Å². The number of pyridine rings is 1. The molecule has 1 saturated heterocycles. The molecule has 0 spiro atoms. The molecule has 1 aliphatic heterocycles. The van der Waals surface area contributed by atoms with Crippen molar-refractivity contribution in [2.24, 2.45) is 5.92 Å². The first-order chi connectivity index (χ1) is 11.8. The first-order valence-corrected chi connectivity index (χ1v) is 7.17. The number of aryl methyl sites for hydroxylation is 1. The van der Waals surface area contributed by atoms with E-state index in [1.54, 1.807) is 4.90 Å². The third kappa shape index (κ3) is 2.03. The molecule has 3 atom stereocenters. The predicted molar refractivity (Wildman–Crippen MR) is 77.4 cm³/mol. The van der Waals surface area contributed by atoms with Gasteiger partial charge in [0.05, 0.1) is 30.2 Å². The zero-order chi connectivity index (χ0) is 17.9. The lowest BCUT2D eigenvalue weighted by Gasteiger charge is -2.23. The van der Waals surface area contributed by atoms with Crippen LogP contribution in [0.1, 0.15) is 9.68 Å². The zero-order valence-corrected chi connectivity index (χ0v) is 12.0. The highest BCUT2D eigenvalue weighted by atomic mass is 35.5. The maximum absolute atomic E-state index is 14.1. The Bertz CT molecular complexity index is 853. The monoisotopic (exact) mass is 329 g/mol. The quantitative estimate of drug-likeness (QED) is 0.593. The summed E-state index contributed by atoms with van der Waals surface area (Å²) in [5.74, 6) is -0.198. The average molecular weight is 330 g/mol. The van der Waals surface area contributed by atoms with Crippen molar-refractivity contribution in [1.82, 2.24) is 15.0 Å². The van der Waals surface area contributed by atoms with Gasteiger partial charge >= 0.3 is 6.08 Å². The number of halogens is 3. The molecule has 3 heterocycles. The SMILES string of the molecule is [2H]C([2H])([2H])c1c(Cl)ncc2c(N3CCOC[C@H]4[C@H](F)[C@H]43)nc(F)nc12. The van der Waals surface area contributed by atoms with Gasteiger partial charge in [0.15, 0.2) is 0 Å². The zero-order valence-electron chi connectivity index (χ0n) is 14.3. The average Bonchev–Trinajstić information content (AvgIpc) is 3.20. The van der Waals surface area contributed by atoms with Crippen molar-refractivity contribution < 1.29 is 17.6 Å². The summed E-state index contributed by atoms with van der Waals surface area (Å²) >= 11 is 5.92. The van der Waals surface area contributed by atoms with Crippen LogP contribution >= 0.6 is 11.6 Å². The summed E-state index contributed by atoms with van der Waals surface area (Å²) in [5, 5.41) is -0.0555. The van der Waals surface area contributed by atoms with Gasteiger partial charge in [-0.2, -0.15) is 9.37 Å². The van der Waals surface area contributed by atoms with Crippen LogP contribution in [0.15, 0.2) is 6.20 Å². The molecular formula is C14H13ClF2N4O. The predicted octanol–water partition coefficient (Wildman–Crippen LogP) is 2.30. The lowest BCUT2D eigenvalue weighted by Crippen LogP contribution is -2.31. The molecule has 2 fully saturated rings. The van der Waals surface area contributed by atoms with Gasteiger partial charge in [-0.05, 0) is 6.85 Å². The van der Waals surface area contributed by atoms with Crippen molar-refractivity contribution >= 4 is 28.3 Å². The van der Waals surface area contributed by atoms with Crippen LogP contribution in [-0.2, 0) is 4.74 Å². The Kier molecular flexibility index (Phi) is 2.48. The van der Waals surface area contributed by atoms with E-state index in [-0.39, 0.29) is 33.4 Å². The second-order valence-corrected chi connectivity index (χ2v) is 5.73.